The number of hydrogen-bond donors (Lipinski definition) is 1. The summed E-state index contributed by atoms with van der Waals surface area (Å²) in [5.74, 6) is 0. The van der Waals surface area contributed by atoms with Crippen LogP contribution in [0.15, 0.2) is 34.1 Å². The predicted octanol–water partition coefficient (Wildman–Crippen LogP) is 0.241. The van der Waals surface area contributed by atoms with Gasteiger partial charge in [-0.05, 0) is 37.1 Å². The van der Waals surface area contributed by atoms with Gasteiger partial charge in [0, 0.05) is 32.2 Å². The van der Waals surface area contributed by atoms with E-state index in [9.17, 15) is 16.8 Å². The molecule has 8 nitrogen and oxygen atoms in total. The summed E-state index contributed by atoms with van der Waals surface area (Å²) in [5.41, 5.74) is 5.82. The molecule has 148 valence electrons. The normalized spacial score (nSPS) is 21.3. The lowest BCUT2D eigenvalue weighted by Crippen LogP contribution is -2.42. The summed E-state index contributed by atoms with van der Waals surface area (Å²) < 4.78 is 58.4. The molecule has 1 aromatic carbocycles. The van der Waals surface area contributed by atoms with Gasteiger partial charge < -0.3 is 10.5 Å². The van der Waals surface area contributed by atoms with Gasteiger partial charge in [0.05, 0.1) is 23.0 Å². The van der Waals surface area contributed by atoms with Crippen molar-refractivity contribution in [1.82, 2.24) is 8.61 Å². The highest BCUT2D eigenvalue weighted by Crippen LogP contribution is 2.23. The summed E-state index contributed by atoms with van der Waals surface area (Å²) in [7, 11) is -7.25. The van der Waals surface area contributed by atoms with Crippen molar-refractivity contribution >= 4 is 32.5 Å². The SMILES string of the molecule is Cl.NC1CCN(S(=O)(=O)c2ccc(S(=O)(=O)N3CCOCC3)cc2)CC1. The first-order valence-corrected chi connectivity index (χ1v) is 11.1. The first-order valence-electron chi connectivity index (χ1n) is 8.25. The Bertz CT molecular complexity index is 800. The van der Waals surface area contributed by atoms with Gasteiger partial charge in [0.25, 0.3) is 0 Å². The minimum Gasteiger partial charge on any atom is -0.379 e. The van der Waals surface area contributed by atoms with Crippen LogP contribution in [0, 0.1) is 0 Å². The highest BCUT2D eigenvalue weighted by atomic mass is 35.5. The largest absolute Gasteiger partial charge is 0.379 e. The first-order chi connectivity index (χ1) is 11.8. The molecule has 0 aliphatic carbocycles. The molecule has 26 heavy (non-hydrogen) atoms. The minimum absolute atomic E-state index is 0. The molecule has 2 fully saturated rings. The van der Waals surface area contributed by atoms with Crippen molar-refractivity contribution in [3.8, 4) is 0 Å². The number of piperidine rings is 1. The van der Waals surface area contributed by atoms with E-state index < -0.39 is 20.0 Å². The third-order valence-electron chi connectivity index (χ3n) is 4.57. The summed E-state index contributed by atoms with van der Waals surface area (Å²) >= 11 is 0. The van der Waals surface area contributed by atoms with E-state index in [4.69, 9.17) is 10.5 Å². The van der Waals surface area contributed by atoms with Crippen molar-refractivity contribution in [2.24, 2.45) is 5.73 Å². The number of hydrogen-bond acceptors (Lipinski definition) is 6. The topological polar surface area (TPSA) is 110 Å². The molecular weight excluding hydrogens is 402 g/mol. The number of sulfonamides is 2. The maximum Gasteiger partial charge on any atom is 0.243 e. The molecule has 0 unspecified atom stereocenters. The average molecular weight is 426 g/mol. The lowest BCUT2D eigenvalue weighted by molar-refractivity contribution is 0.0730. The molecule has 0 atom stereocenters. The summed E-state index contributed by atoms with van der Waals surface area (Å²) in [6, 6.07) is 5.46. The molecule has 11 heteroatoms. The average Bonchev–Trinajstić information content (AvgIpc) is 2.63. The van der Waals surface area contributed by atoms with Crippen LogP contribution in [0.25, 0.3) is 0 Å². The van der Waals surface area contributed by atoms with E-state index in [1.54, 1.807) is 0 Å². The molecule has 0 bridgehead atoms. The van der Waals surface area contributed by atoms with Crippen molar-refractivity contribution in [2.45, 2.75) is 28.7 Å². The van der Waals surface area contributed by atoms with Gasteiger partial charge in [0.1, 0.15) is 0 Å². The van der Waals surface area contributed by atoms with Crippen LogP contribution in [0.5, 0.6) is 0 Å². The van der Waals surface area contributed by atoms with Crippen LogP contribution in [-0.2, 0) is 24.8 Å². The fourth-order valence-corrected chi connectivity index (χ4v) is 5.86. The molecule has 0 amide bonds. The smallest absolute Gasteiger partial charge is 0.243 e. The van der Waals surface area contributed by atoms with Crippen LogP contribution in [-0.4, -0.2) is 70.9 Å². The summed E-state index contributed by atoms with van der Waals surface area (Å²) in [6.07, 6.45) is 1.26. The number of ether oxygens (including phenoxy) is 1. The molecule has 0 saturated carbocycles. The summed E-state index contributed by atoms with van der Waals surface area (Å²) in [4.78, 5) is 0.193. The zero-order valence-corrected chi connectivity index (χ0v) is 16.7. The van der Waals surface area contributed by atoms with Crippen LogP contribution >= 0.6 is 12.4 Å². The molecule has 2 aliphatic rings. The van der Waals surface area contributed by atoms with Crippen LogP contribution in [0.1, 0.15) is 12.8 Å². The third-order valence-corrected chi connectivity index (χ3v) is 8.39. The Morgan fingerprint density at radius 1 is 0.808 bits per heavy atom. The van der Waals surface area contributed by atoms with Gasteiger partial charge in [-0.2, -0.15) is 8.61 Å². The Morgan fingerprint density at radius 3 is 1.62 bits per heavy atom. The standard InChI is InChI=1S/C15H23N3O5S2.ClH/c16-13-5-7-17(8-6-13)24(19,20)14-1-3-15(4-2-14)25(21,22)18-9-11-23-12-10-18;/h1-4,13H,5-12,16H2;1H. The van der Waals surface area contributed by atoms with E-state index in [0.717, 1.165) is 0 Å². The molecule has 0 aromatic heterocycles. The van der Waals surface area contributed by atoms with Gasteiger partial charge in [-0.1, -0.05) is 0 Å². The molecule has 1 aromatic rings. The second-order valence-corrected chi connectivity index (χ2v) is 10.1. The minimum atomic E-state index is -3.63. The third kappa shape index (κ3) is 4.38. The van der Waals surface area contributed by atoms with Gasteiger partial charge in [0.15, 0.2) is 0 Å². The van der Waals surface area contributed by atoms with Gasteiger partial charge in [-0.3, -0.25) is 0 Å². The molecule has 3 rings (SSSR count). The summed E-state index contributed by atoms with van der Waals surface area (Å²) in [6.45, 7) is 2.10. The highest BCUT2D eigenvalue weighted by Gasteiger charge is 2.30. The molecule has 0 spiro atoms. The van der Waals surface area contributed by atoms with E-state index >= 15 is 0 Å². The van der Waals surface area contributed by atoms with Crippen molar-refractivity contribution in [3.63, 3.8) is 0 Å². The van der Waals surface area contributed by atoms with Gasteiger partial charge in [-0.15, -0.1) is 12.4 Å². The number of nitrogens with zero attached hydrogens (tertiary/aromatic N) is 2. The van der Waals surface area contributed by atoms with Crippen molar-refractivity contribution in [3.05, 3.63) is 24.3 Å². The highest BCUT2D eigenvalue weighted by molar-refractivity contribution is 7.89. The zero-order valence-electron chi connectivity index (χ0n) is 14.3. The first kappa shape index (κ1) is 21.5. The lowest BCUT2D eigenvalue weighted by atomic mass is 10.1. The molecule has 2 heterocycles. The quantitative estimate of drug-likeness (QED) is 0.739. The number of benzene rings is 1. The number of nitrogens with two attached hydrogens (primary N) is 1. The van der Waals surface area contributed by atoms with Crippen molar-refractivity contribution in [1.29, 1.82) is 0 Å². The maximum absolute atomic E-state index is 12.7. The van der Waals surface area contributed by atoms with Crippen molar-refractivity contribution < 1.29 is 21.6 Å². The van der Waals surface area contributed by atoms with E-state index in [0.29, 0.717) is 52.2 Å². The number of rotatable bonds is 4. The van der Waals surface area contributed by atoms with Gasteiger partial charge >= 0.3 is 0 Å². The van der Waals surface area contributed by atoms with E-state index in [2.05, 4.69) is 0 Å². The van der Waals surface area contributed by atoms with E-state index in [-0.39, 0.29) is 28.2 Å². The second-order valence-electron chi connectivity index (χ2n) is 6.23. The van der Waals surface area contributed by atoms with Crippen LogP contribution < -0.4 is 5.73 Å². The van der Waals surface area contributed by atoms with Crippen LogP contribution in [0.3, 0.4) is 0 Å². The fraction of sp³-hybridized carbons (Fsp3) is 0.600. The Kier molecular flexibility index (Phi) is 7.05. The summed E-state index contributed by atoms with van der Waals surface area (Å²) in [5, 5.41) is 0. The lowest BCUT2D eigenvalue weighted by Gasteiger charge is -2.29. The van der Waals surface area contributed by atoms with E-state index in [1.807, 2.05) is 0 Å². The molecule has 2 saturated heterocycles. The second kappa shape index (κ2) is 8.51. The predicted molar refractivity (Wildman–Crippen MR) is 99.2 cm³/mol. The number of morpholine rings is 1. The Morgan fingerprint density at radius 2 is 1.19 bits per heavy atom. The fourth-order valence-electron chi connectivity index (χ4n) is 2.98. The molecule has 2 N–H and O–H groups in total. The Hall–Kier alpha value is -0.750. The zero-order chi connectivity index (χ0) is 18.1. The number of halogens is 1. The van der Waals surface area contributed by atoms with E-state index in [1.165, 1.54) is 32.9 Å². The van der Waals surface area contributed by atoms with Crippen LogP contribution in [0.4, 0.5) is 0 Å². The Labute approximate surface area is 160 Å². The van der Waals surface area contributed by atoms with Crippen molar-refractivity contribution in [2.75, 3.05) is 39.4 Å². The van der Waals surface area contributed by atoms with Crippen LogP contribution in [0.2, 0.25) is 0 Å². The maximum atomic E-state index is 12.7. The van der Waals surface area contributed by atoms with Gasteiger partial charge in [-0.25, -0.2) is 16.8 Å². The molecule has 0 radical (unpaired) electrons. The van der Waals surface area contributed by atoms with Gasteiger partial charge in [0.2, 0.25) is 20.0 Å². The molecular formula is C15H24ClN3O5S2. The monoisotopic (exact) mass is 425 g/mol. The molecule has 2 aliphatic heterocycles. The Balaban J connectivity index is 0.00000243.